The second-order valence-electron chi connectivity index (χ2n) is 2.09. The van der Waals surface area contributed by atoms with Crippen LogP contribution in [0, 0.1) is 0 Å². The molecule has 0 radical (unpaired) electrons. The molecule has 0 aliphatic rings. The van der Waals surface area contributed by atoms with Crippen molar-refractivity contribution < 1.29 is 8.42 Å². The van der Waals surface area contributed by atoms with Gasteiger partial charge in [0, 0.05) is 30.1 Å². The smallest absolute Gasteiger partial charge is 0.289 e. The third kappa shape index (κ3) is 1.64. The Morgan fingerprint density at radius 1 is 1.58 bits per heavy atom. The summed E-state index contributed by atoms with van der Waals surface area (Å²) in [5, 5.41) is -0.644. The molecule has 1 rings (SSSR count). The standard InChI is InChI=1S/C5H5ClN2O3S/c1-8-3-2-7-4(5(8)9)12(6,10)11/h2-3H,1H3. The van der Waals surface area contributed by atoms with E-state index in [-0.39, 0.29) is 0 Å². The van der Waals surface area contributed by atoms with Gasteiger partial charge in [-0.1, -0.05) is 0 Å². The lowest BCUT2D eigenvalue weighted by Gasteiger charge is -1.96. The molecule has 0 aromatic carbocycles. The van der Waals surface area contributed by atoms with Gasteiger partial charge in [0.1, 0.15) is 0 Å². The lowest BCUT2D eigenvalue weighted by atomic mass is 10.7. The maximum absolute atomic E-state index is 11.1. The van der Waals surface area contributed by atoms with Crippen molar-refractivity contribution in [2.45, 2.75) is 5.03 Å². The lowest BCUT2D eigenvalue weighted by molar-refractivity contribution is 0.601. The SMILES string of the molecule is Cn1ccnc(S(=O)(=O)Cl)c1=O. The van der Waals surface area contributed by atoms with Crippen LogP contribution in [0.3, 0.4) is 0 Å². The number of rotatable bonds is 1. The minimum absolute atomic E-state index is 0.644. The van der Waals surface area contributed by atoms with Crippen molar-refractivity contribution in [3.8, 4) is 0 Å². The van der Waals surface area contributed by atoms with Gasteiger partial charge in [-0.25, -0.2) is 13.4 Å². The van der Waals surface area contributed by atoms with E-state index in [1.54, 1.807) is 0 Å². The largest absolute Gasteiger partial charge is 0.315 e. The van der Waals surface area contributed by atoms with Crippen LogP contribution in [0.4, 0.5) is 0 Å². The van der Waals surface area contributed by atoms with Crippen LogP contribution >= 0.6 is 10.7 Å². The molecular weight excluding hydrogens is 204 g/mol. The molecule has 0 atom stereocenters. The first-order valence-electron chi connectivity index (χ1n) is 2.89. The molecule has 0 aliphatic carbocycles. The Morgan fingerprint density at radius 2 is 2.17 bits per heavy atom. The first kappa shape index (κ1) is 9.21. The molecule has 0 unspecified atom stereocenters. The number of halogens is 1. The summed E-state index contributed by atoms with van der Waals surface area (Å²) in [5.74, 6) is 0. The van der Waals surface area contributed by atoms with Gasteiger partial charge >= 0.3 is 0 Å². The predicted molar refractivity (Wildman–Crippen MR) is 42.5 cm³/mol. The zero-order valence-electron chi connectivity index (χ0n) is 6.06. The van der Waals surface area contributed by atoms with Crippen molar-refractivity contribution in [1.82, 2.24) is 9.55 Å². The number of nitrogens with zero attached hydrogens (tertiary/aromatic N) is 2. The van der Waals surface area contributed by atoms with Gasteiger partial charge in [-0.2, -0.15) is 0 Å². The van der Waals surface area contributed by atoms with E-state index in [4.69, 9.17) is 10.7 Å². The molecule has 0 bridgehead atoms. The molecule has 0 aliphatic heterocycles. The van der Waals surface area contributed by atoms with E-state index in [1.807, 2.05) is 0 Å². The summed E-state index contributed by atoms with van der Waals surface area (Å²) in [6.07, 6.45) is 2.53. The van der Waals surface area contributed by atoms with Crippen molar-refractivity contribution in [2.24, 2.45) is 7.05 Å². The molecule has 1 aromatic rings. The average Bonchev–Trinajstić information content (AvgIpc) is 1.92. The van der Waals surface area contributed by atoms with Crippen LogP contribution in [0.25, 0.3) is 0 Å². The third-order valence-electron chi connectivity index (χ3n) is 1.22. The predicted octanol–water partition coefficient (Wildman–Crippen LogP) is -0.292. The summed E-state index contributed by atoms with van der Waals surface area (Å²) < 4.78 is 22.5. The summed E-state index contributed by atoms with van der Waals surface area (Å²) in [6.45, 7) is 0. The van der Waals surface area contributed by atoms with Gasteiger partial charge < -0.3 is 4.57 Å². The van der Waals surface area contributed by atoms with Crippen molar-refractivity contribution in [3.05, 3.63) is 22.7 Å². The Bertz CT molecular complexity index is 450. The molecule has 1 heterocycles. The second kappa shape index (κ2) is 2.87. The molecule has 1 aromatic heterocycles. The van der Waals surface area contributed by atoms with Gasteiger partial charge in [-0.05, 0) is 0 Å². The minimum Gasteiger partial charge on any atom is -0.315 e. The molecule has 0 N–H and O–H groups in total. The molecule has 0 saturated carbocycles. The van der Waals surface area contributed by atoms with Gasteiger partial charge in [0.05, 0.1) is 0 Å². The fourth-order valence-corrected chi connectivity index (χ4v) is 1.50. The normalized spacial score (nSPS) is 11.5. The van der Waals surface area contributed by atoms with Crippen molar-refractivity contribution in [1.29, 1.82) is 0 Å². The molecule has 12 heavy (non-hydrogen) atoms. The van der Waals surface area contributed by atoms with Crippen LogP contribution in [-0.4, -0.2) is 18.0 Å². The van der Waals surface area contributed by atoms with Crippen LogP contribution < -0.4 is 5.56 Å². The van der Waals surface area contributed by atoms with Gasteiger partial charge in [0.25, 0.3) is 14.6 Å². The number of hydrogen-bond donors (Lipinski definition) is 0. The van der Waals surface area contributed by atoms with Crippen LogP contribution in [0.15, 0.2) is 22.2 Å². The maximum atomic E-state index is 11.1. The highest BCUT2D eigenvalue weighted by Crippen LogP contribution is 2.04. The number of aromatic nitrogens is 2. The average molecular weight is 209 g/mol. The first-order valence-corrected chi connectivity index (χ1v) is 5.20. The molecule has 0 saturated heterocycles. The monoisotopic (exact) mass is 208 g/mol. The Morgan fingerprint density at radius 3 is 2.58 bits per heavy atom. The Hall–Kier alpha value is -0.880. The van der Waals surface area contributed by atoms with Gasteiger partial charge in [0.15, 0.2) is 0 Å². The molecular formula is C5H5ClN2O3S. The molecule has 66 valence electrons. The number of aryl methyl sites for hydroxylation is 1. The van der Waals surface area contributed by atoms with E-state index in [0.29, 0.717) is 0 Å². The topological polar surface area (TPSA) is 69.0 Å². The van der Waals surface area contributed by atoms with Crippen molar-refractivity contribution in [3.63, 3.8) is 0 Å². The van der Waals surface area contributed by atoms with E-state index >= 15 is 0 Å². The van der Waals surface area contributed by atoms with E-state index < -0.39 is 19.6 Å². The summed E-state index contributed by atoms with van der Waals surface area (Å²) in [6, 6.07) is 0. The van der Waals surface area contributed by atoms with E-state index in [9.17, 15) is 13.2 Å². The minimum atomic E-state index is -4.03. The highest BCUT2D eigenvalue weighted by atomic mass is 35.7. The zero-order chi connectivity index (χ0) is 9.35. The van der Waals surface area contributed by atoms with E-state index in [2.05, 4.69) is 4.98 Å². The van der Waals surface area contributed by atoms with E-state index in [1.165, 1.54) is 19.4 Å². The lowest BCUT2D eigenvalue weighted by Crippen LogP contribution is -2.22. The van der Waals surface area contributed by atoms with E-state index in [0.717, 1.165) is 4.57 Å². The van der Waals surface area contributed by atoms with Crippen molar-refractivity contribution in [2.75, 3.05) is 0 Å². The fraction of sp³-hybridized carbons (Fsp3) is 0.200. The molecule has 0 spiro atoms. The maximum Gasteiger partial charge on any atom is 0.289 e. The van der Waals surface area contributed by atoms with Crippen LogP contribution in [0.5, 0.6) is 0 Å². The Labute approximate surface area is 73.0 Å². The van der Waals surface area contributed by atoms with Gasteiger partial charge in [0.2, 0.25) is 5.03 Å². The zero-order valence-corrected chi connectivity index (χ0v) is 7.63. The molecule has 5 nitrogen and oxygen atoms in total. The van der Waals surface area contributed by atoms with Gasteiger partial charge in [-0.15, -0.1) is 0 Å². The summed E-state index contributed by atoms with van der Waals surface area (Å²) in [7, 11) is 2.32. The van der Waals surface area contributed by atoms with Gasteiger partial charge in [-0.3, -0.25) is 4.79 Å². The highest BCUT2D eigenvalue weighted by Gasteiger charge is 2.16. The first-order chi connectivity index (χ1) is 5.43. The molecule has 0 fully saturated rings. The summed E-state index contributed by atoms with van der Waals surface area (Å²) in [5.41, 5.74) is -0.729. The highest BCUT2D eigenvalue weighted by molar-refractivity contribution is 8.13. The van der Waals surface area contributed by atoms with Crippen LogP contribution in [-0.2, 0) is 16.1 Å². The molecule has 0 amide bonds. The summed E-state index contributed by atoms with van der Waals surface area (Å²) >= 11 is 0. The Kier molecular flexibility index (Phi) is 2.20. The number of hydrogen-bond acceptors (Lipinski definition) is 4. The van der Waals surface area contributed by atoms with Crippen molar-refractivity contribution >= 4 is 19.7 Å². The quantitative estimate of drug-likeness (QED) is 0.595. The fourth-order valence-electron chi connectivity index (χ4n) is 0.642. The second-order valence-corrected chi connectivity index (χ2v) is 4.57. The summed E-state index contributed by atoms with van der Waals surface area (Å²) in [4.78, 5) is 14.4. The third-order valence-corrected chi connectivity index (χ3v) is 2.40. The van der Waals surface area contributed by atoms with Crippen LogP contribution in [0.1, 0.15) is 0 Å². The van der Waals surface area contributed by atoms with Crippen LogP contribution in [0.2, 0.25) is 0 Å². The molecule has 7 heteroatoms. The Balaban J connectivity index is 3.59.